The monoisotopic (exact) mass is 472 g/mol. The van der Waals surface area contributed by atoms with Gasteiger partial charge in [0.2, 0.25) is 0 Å². The molecule has 5 nitrogen and oxygen atoms in total. The van der Waals surface area contributed by atoms with E-state index >= 15 is 0 Å². The molecule has 0 heterocycles. The number of unbranched alkanes of at least 4 members (excludes halogenated alkanes) is 2. The first-order valence-electron chi connectivity index (χ1n) is 12.2. The fourth-order valence-electron chi connectivity index (χ4n) is 4.57. The fraction of sp³-hybridized carbons (Fsp3) is 0.720. The zero-order valence-electron chi connectivity index (χ0n) is 19.9. The number of likely N-dealkylation sites (N-methyl/N-ethyl adjacent to an activating group) is 1. The molecule has 0 spiro atoms. The molecule has 1 N–H and O–H groups in total. The minimum absolute atomic E-state index is 0.113. The Kier molecular flexibility index (Phi) is 11.5. The average molecular weight is 473 g/mol. The zero-order valence-corrected chi connectivity index (χ0v) is 19.9. The number of aliphatic hydroxyl groups is 1. The Labute approximate surface area is 195 Å². The molecular weight excluding hydrogens is 433 g/mol. The minimum atomic E-state index is -4.41. The number of carbonyl (C=O) groups excluding carboxylic acids is 1. The van der Waals surface area contributed by atoms with Crippen LogP contribution in [0, 0.1) is 11.8 Å². The van der Waals surface area contributed by atoms with E-state index < -0.39 is 17.8 Å². The number of aliphatic hydroxyl groups excluding tert-OH is 1. The number of amides is 1. The van der Waals surface area contributed by atoms with Gasteiger partial charge in [0.25, 0.3) is 0 Å². The highest BCUT2D eigenvalue weighted by Crippen LogP contribution is 2.33. The highest BCUT2D eigenvalue weighted by molar-refractivity contribution is 5.70. The third-order valence-corrected chi connectivity index (χ3v) is 6.65. The Bertz CT molecular complexity index is 689. The van der Waals surface area contributed by atoms with Crippen molar-refractivity contribution in [2.24, 2.45) is 11.8 Å². The van der Waals surface area contributed by atoms with Crippen LogP contribution in [-0.2, 0) is 6.18 Å². The summed E-state index contributed by atoms with van der Waals surface area (Å²) in [5.74, 6) is 1.30. The fourth-order valence-corrected chi connectivity index (χ4v) is 4.57. The van der Waals surface area contributed by atoms with Gasteiger partial charge in [0, 0.05) is 20.1 Å². The molecule has 1 amide bonds. The van der Waals surface area contributed by atoms with Crippen molar-refractivity contribution in [1.82, 2.24) is 9.80 Å². The lowest BCUT2D eigenvalue weighted by Crippen LogP contribution is -2.35. The van der Waals surface area contributed by atoms with E-state index in [4.69, 9.17) is 9.84 Å². The van der Waals surface area contributed by atoms with Crippen LogP contribution in [-0.4, -0.2) is 60.8 Å². The van der Waals surface area contributed by atoms with Crippen molar-refractivity contribution >= 4 is 6.09 Å². The van der Waals surface area contributed by atoms with Crippen molar-refractivity contribution in [3.8, 4) is 5.75 Å². The van der Waals surface area contributed by atoms with Gasteiger partial charge in [0.1, 0.15) is 5.75 Å². The molecule has 2 rings (SSSR count). The second kappa shape index (κ2) is 13.8. The van der Waals surface area contributed by atoms with Crippen LogP contribution in [0.3, 0.4) is 0 Å². The summed E-state index contributed by atoms with van der Waals surface area (Å²) in [7, 11) is 1.68. The molecule has 8 heteroatoms. The number of alkyl halides is 3. The van der Waals surface area contributed by atoms with Crippen LogP contribution in [0.2, 0.25) is 0 Å². The van der Waals surface area contributed by atoms with E-state index in [1.165, 1.54) is 55.6 Å². The third kappa shape index (κ3) is 9.92. The molecule has 188 valence electrons. The normalized spacial score (nSPS) is 19.0. The maximum Gasteiger partial charge on any atom is 0.416 e. The van der Waals surface area contributed by atoms with E-state index in [-0.39, 0.29) is 12.4 Å². The van der Waals surface area contributed by atoms with Gasteiger partial charge in [-0.2, -0.15) is 13.2 Å². The van der Waals surface area contributed by atoms with Gasteiger partial charge >= 0.3 is 12.3 Å². The van der Waals surface area contributed by atoms with Gasteiger partial charge < -0.3 is 19.6 Å². The van der Waals surface area contributed by atoms with Crippen molar-refractivity contribution in [1.29, 1.82) is 0 Å². The standard InChI is InChI=1S/C25H39F3N2O3/c1-3-30(17-18-31)16-6-4-5-7-20-8-10-21(11-9-20)19-29(2)24(32)33-23-14-12-22(13-15-23)25(26,27)28/h12-15,20-21,31H,3-11,16-19H2,1-2H3/t20-,21-. The summed E-state index contributed by atoms with van der Waals surface area (Å²) in [6.45, 7) is 5.74. The summed E-state index contributed by atoms with van der Waals surface area (Å²) in [4.78, 5) is 16.1. The first kappa shape index (κ1) is 27.4. The Hall–Kier alpha value is -1.80. The summed E-state index contributed by atoms with van der Waals surface area (Å²) < 4.78 is 43.2. The quantitative estimate of drug-likeness (QED) is 0.390. The van der Waals surface area contributed by atoms with Crippen LogP contribution in [0.15, 0.2) is 24.3 Å². The maximum absolute atomic E-state index is 12.6. The lowest BCUT2D eigenvalue weighted by molar-refractivity contribution is -0.137. The van der Waals surface area contributed by atoms with Gasteiger partial charge in [-0.05, 0) is 68.5 Å². The molecule has 1 aliphatic rings. The molecule has 0 aromatic heterocycles. The van der Waals surface area contributed by atoms with E-state index in [9.17, 15) is 18.0 Å². The second-order valence-electron chi connectivity index (χ2n) is 9.16. The summed E-state index contributed by atoms with van der Waals surface area (Å²) in [6, 6.07) is 4.18. The van der Waals surface area contributed by atoms with Crippen LogP contribution in [0.25, 0.3) is 0 Å². The molecule has 1 aliphatic carbocycles. The van der Waals surface area contributed by atoms with Crippen LogP contribution in [0.1, 0.15) is 63.9 Å². The summed E-state index contributed by atoms with van der Waals surface area (Å²) >= 11 is 0. The topological polar surface area (TPSA) is 53.0 Å². The highest BCUT2D eigenvalue weighted by Gasteiger charge is 2.30. The lowest BCUT2D eigenvalue weighted by Gasteiger charge is -2.31. The molecule has 0 unspecified atom stereocenters. The largest absolute Gasteiger partial charge is 0.416 e. The van der Waals surface area contributed by atoms with Crippen molar-refractivity contribution < 1.29 is 27.8 Å². The predicted octanol–water partition coefficient (Wildman–Crippen LogP) is 5.82. The number of hydrogen-bond acceptors (Lipinski definition) is 4. The van der Waals surface area contributed by atoms with E-state index in [2.05, 4.69) is 11.8 Å². The van der Waals surface area contributed by atoms with Crippen molar-refractivity contribution in [3.05, 3.63) is 29.8 Å². The third-order valence-electron chi connectivity index (χ3n) is 6.65. The average Bonchev–Trinajstić information content (AvgIpc) is 2.79. The van der Waals surface area contributed by atoms with E-state index in [1.54, 1.807) is 7.05 Å². The van der Waals surface area contributed by atoms with Crippen LogP contribution in [0.5, 0.6) is 5.75 Å². The first-order valence-corrected chi connectivity index (χ1v) is 12.2. The van der Waals surface area contributed by atoms with Gasteiger partial charge in [-0.1, -0.05) is 39.0 Å². The minimum Gasteiger partial charge on any atom is -0.410 e. The van der Waals surface area contributed by atoms with Crippen LogP contribution < -0.4 is 4.74 Å². The Morgan fingerprint density at radius 3 is 2.24 bits per heavy atom. The molecule has 0 atom stereocenters. The molecule has 33 heavy (non-hydrogen) atoms. The smallest absolute Gasteiger partial charge is 0.410 e. The number of halogens is 3. The second-order valence-corrected chi connectivity index (χ2v) is 9.16. The Morgan fingerprint density at radius 2 is 1.67 bits per heavy atom. The first-order chi connectivity index (χ1) is 15.7. The molecule has 1 aromatic rings. The zero-order chi connectivity index (χ0) is 24.3. The number of hydrogen-bond donors (Lipinski definition) is 1. The molecule has 1 fully saturated rings. The van der Waals surface area contributed by atoms with Gasteiger partial charge in [-0.3, -0.25) is 0 Å². The van der Waals surface area contributed by atoms with E-state index in [0.717, 1.165) is 50.5 Å². The van der Waals surface area contributed by atoms with Crippen molar-refractivity contribution in [2.75, 3.05) is 39.8 Å². The summed E-state index contributed by atoms with van der Waals surface area (Å²) in [5, 5.41) is 9.04. The van der Waals surface area contributed by atoms with Gasteiger partial charge in [0.05, 0.1) is 12.2 Å². The maximum atomic E-state index is 12.6. The molecule has 1 aromatic carbocycles. The van der Waals surface area contributed by atoms with E-state index in [1.807, 2.05) is 0 Å². The van der Waals surface area contributed by atoms with Crippen molar-refractivity contribution in [2.45, 2.75) is 64.5 Å². The number of nitrogens with zero attached hydrogens (tertiary/aromatic N) is 2. The molecular formula is C25H39F3N2O3. The molecule has 0 saturated heterocycles. The van der Waals surface area contributed by atoms with E-state index in [0.29, 0.717) is 12.5 Å². The number of benzene rings is 1. The van der Waals surface area contributed by atoms with Gasteiger partial charge in [-0.15, -0.1) is 0 Å². The number of rotatable bonds is 12. The molecule has 0 aliphatic heterocycles. The van der Waals surface area contributed by atoms with Crippen molar-refractivity contribution in [3.63, 3.8) is 0 Å². The number of ether oxygens (including phenoxy) is 1. The van der Waals surface area contributed by atoms with Gasteiger partial charge in [-0.25, -0.2) is 4.79 Å². The summed E-state index contributed by atoms with van der Waals surface area (Å²) in [5.41, 5.74) is -0.767. The molecule has 0 bridgehead atoms. The predicted molar refractivity (Wildman–Crippen MR) is 123 cm³/mol. The van der Waals surface area contributed by atoms with Crippen LogP contribution in [0.4, 0.5) is 18.0 Å². The Morgan fingerprint density at radius 1 is 1.03 bits per heavy atom. The van der Waals surface area contributed by atoms with Crippen LogP contribution >= 0.6 is 0 Å². The molecule has 0 radical (unpaired) electrons. The lowest BCUT2D eigenvalue weighted by atomic mass is 9.79. The highest BCUT2D eigenvalue weighted by atomic mass is 19.4. The molecule has 1 saturated carbocycles. The SMILES string of the molecule is CCN(CCO)CCCCC[C@H]1CC[C@H](CN(C)C(=O)Oc2ccc(C(F)(F)F)cc2)CC1. The Balaban J connectivity index is 1.62. The van der Waals surface area contributed by atoms with Gasteiger partial charge in [0.15, 0.2) is 0 Å². The summed E-state index contributed by atoms with van der Waals surface area (Å²) in [6.07, 6.45) is 4.47. The number of carbonyl (C=O) groups is 1.